The molecule has 48 heavy (non-hydrogen) atoms. The smallest absolute Gasteiger partial charge is 0.550 e. The Balaban J connectivity index is -0.000000688. The molecule has 0 bridgehead atoms. The second-order valence-electron chi connectivity index (χ2n) is 13.4. The normalized spacial score (nSPS) is 12.2. The molecule has 0 aliphatic carbocycles. The number of esters is 1. The Morgan fingerprint density at radius 2 is 0.708 bits per heavy atom. The van der Waals surface area contributed by atoms with Crippen molar-refractivity contribution >= 4 is 17.9 Å². The molecule has 0 radical (unpaired) electrons. The number of cyclic esters (lactones) is 1. The van der Waals surface area contributed by atoms with Gasteiger partial charge in [0.05, 0.1) is 6.61 Å². The van der Waals surface area contributed by atoms with Gasteiger partial charge in [-0.2, -0.15) is 0 Å². The number of ether oxygens (including phenoxy) is 2. The molecular weight excluding hydrogens is 658 g/mol. The van der Waals surface area contributed by atoms with Crippen molar-refractivity contribution in [3.05, 3.63) is 0 Å². The van der Waals surface area contributed by atoms with E-state index in [2.05, 4.69) is 18.6 Å². The number of carboxylic acids is 2. The molecule has 0 aromatic carbocycles. The Hall–Kier alpha value is -1.01. The van der Waals surface area contributed by atoms with Gasteiger partial charge in [-0.25, -0.2) is 4.79 Å². The third kappa shape index (κ3) is 51.8. The van der Waals surface area contributed by atoms with Crippen molar-refractivity contribution in [1.29, 1.82) is 0 Å². The summed E-state index contributed by atoms with van der Waals surface area (Å²) in [5.41, 5.74) is 0. The maximum absolute atomic E-state index is 10.2. The molecule has 1 heterocycles. The first-order valence-corrected chi connectivity index (χ1v) is 20.1. The maximum atomic E-state index is 10.2. The summed E-state index contributed by atoms with van der Waals surface area (Å²) in [5, 5.41) is 20.4. The predicted molar refractivity (Wildman–Crippen MR) is 191 cm³/mol. The maximum Gasteiger partial charge on any atom is 2.00 e. The summed E-state index contributed by atoms with van der Waals surface area (Å²) in [6, 6.07) is 0. The quantitative estimate of drug-likeness (QED) is 0.0384. The second-order valence-corrected chi connectivity index (χ2v) is 13.4. The molecule has 0 atom stereocenters. The Morgan fingerprint density at radius 3 is 0.875 bits per heavy atom. The van der Waals surface area contributed by atoms with Gasteiger partial charge in [-0.05, 0) is 25.7 Å². The first-order chi connectivity index (χ1) is 22.9. The van der Waals surface area contributed by atoms with E-state index in [9.17, 15) is 24.6 Å². The van der Waals surface area contributed by atoms with E-state index in [0.29, 0.717) is 13.2 Å². The number of carbonyl (C=O) groups excluding carboxylic acids is 3. The summed E-state index contributed by atoms with van der Waals surface area (Å²) in [5.74, 6) is -2.06. The van der Waals surface area contributed by atoms with Crippen LogP contribution in [0.1, 0.15) is 219 Å². The second kappa shape index (κ2) is 46.0. The van der Waals surface area contributed by atoms with Gasteiger partial charge in [-0.3, -0.25) is 0 Å². The summed E-state index contributed by atoms with van der Waals surface area (Å²) in [6.45, 7) is 5.62. The van der Waals surface area contributed by atoms with Gasteiger partial charge < -0.3 is 29.3 Å². The molecule has 7 nitrogen and oxygen atoms in total. The number of aliphatic carboxylic acids is 2. The zero-order valence-corrected chi connectivity index (χ0v) is 34.8. The molecular formula is C40H76O7Zn. The van der Waals surface area contributed by atoms with Crippen molar-refractivity contribution < 1.29 is 53.5 Å². The van der Waals surface area contributed by atoms with Crippen LogP contribution in [0.4, 0.5) is 0 Å². The van der Waals surface area contributed by atoms with Gasteiger partial charge in [-0.15, -0.1) is 0 Å². The van der Waals surface area contributed by atoms with Crippen molar-refractivity contribution in [2.75, 3.05) is 19.8 Å². The molecule has 0 aromatic rings. The van der Waals surface area contributed by atoms with Gasteiger partial charge in [0, 0.05) is 11.9 Å². The fraction of sp³-hybridized carbons (Fsp3) is 0.925. The van der Waals surface area contributed by atoms with Gasteiger partial charge >= 0.3 is 25.4 Å². The number of unbranched alkanes of at least 4 members (excludes halogenated alkanes) is 28. The zero-order chi connectivity index (χ0) is 34.9. The number of carbonyl (C=O) groups is 3. The average molecular weight is 734 g/mol. The van der Waals surface area contributed by atoms with Crippen molar-refractivity contribution in [1.82, 2.24) is 0 Å². The molecule has 0 amide bonds. The van der Waals surface area contributed by atoms with Gasteiger partial charge in [0.1, 0.15) is 13.2 Å². The van der Waals surface area contributed by atoms with Gasteiger partial charge in [0.25, 0.3) is 0 Å². The number of hydrogen-bond acceptors (Lipinski definition) is 7. The molecule has 1 saturated heterocycles. The first-order valence-electron chi connectivity index (χ1n) is 20.1. The standard InChI is InChI=1S/2C18H36O2.C4H6O3.Zn/c2*1-2-3-4-5-6-7-8-9-10-11-12-13-14-15-16-17-18(19)20;5-4-3-6-1-2-7-4;/h2*2-17H2,1H3,(H,19,20);1-3H2;/q;;;+2/p-2. The fourth-order valence-corrected chi connectivity index (χ4v) is 5.69. The molecule has 1 fully saturated rings. The van der Waals surface area contributed by atoms with Crippen LogP contribution in [0.25, 0.3) is 0 Å². The largest absolute Gasteiger partial charge is 2.00 e. The minimum atomic E-state index is -0.903. The van der Waals surface area contributed by atoms with Crippen LogP contribution in [0.2, 0.25) is 0 Å². The van der Waals surface area contributed by atoms with Crippen molar-refractivity contribution in [3.63, 3.8) is 0 Å². The Labute approximate surface area is 309 Å². The topological polar surface area (TPSA) is 116 Å². The van der Waals surface area contributed by atoms with Crippen LogP contribution in [0.5, 0.6) is 0 Å². The van der Waals surface area contributed by atoms with Crippen LogP contribution < -0.4 is 10.2 Å². The fourth-order valence-electron chi connectivity index (χ4n) is 5.69. The zero-order valence-electron chi connectivity index (χ0n) is 31.8. The third-order valence-corrected chi connectivity index (χ3v) is 8.68. The van der Waals surface area contributed by atoms with E-state index in [1.54, 1.807) is 0 Å². The molecule has 0 saturated carbocycles. The summed E-state index contributed by atoms with van der Waals surface area (Å²) in [7, 11) is 0. The van der Waals surface area contributed by atoms with Crippen molar-refractivity contribution in [2.45, 2.75) is 219 Å². The summed E-state index contributed by atoms with van der Waals surface area (Å²) < 4.78 is 9.22. The van der Waals surface area contributed by atoms with Gasteiger partial charge in [-0.1, -0.05) is 194 Å². The summed E-state index contributed by atoms with van der Waals surface area (Å²) in [4.78, 5) is 30.6. The van der Waals surface area contributed by atoms with Crippen LogP contribution in [0.3, 0.4) is 0 Å². The summed E-state index contributed by atoms with van der Waals surface area (Å²) in [6.07, 6.45) is 39.7. The molecule has 1 aliphatic rings. The van der Waals surface area contributed by atoms with E-state index >= 15 is 0 Å². The van der Waals surface area contributed by atoms with Crippen molar-refractivity contribution in [3.8, 4) is 0 Å². The SMILES string of the molecule is CCCCCCCCCCCCCCCCCC(=O)[O-].CCCCCCCCCCCCCCCCCC(=O)[O-].O=C1COCCO1.[Zn+2]. The van der Waals surface area contributed by atoms with Gasteiger partial charge in [0.2, 0.25) is 0 Å². The number of rotatable bonds is 32. The molecule has 0 N–H and O–H groups in total. The monoisotopic (exact) mass is 732 g/mol. The molecule has 280 valence electrons. The minimum absolute atomic E-state index is 0. The summed E-state index contributed by atoms with van der Waals surface area (Å²) >= 11 is 0. The number of carboxylic acid groups (broad SMARTS) is 2. The van der Waals surface area contributed by atoms with E-state index < -0.39 is 11.9 Å². The average Bonchev–Trinajstić information content (AvgIpc) is 3.05. The Bertz CT molecular complexity index is 607. The van der Waals surface area contributed by atoms with Crippen LogP contribution in [0.15, 0.2) is 0 Å². The van der Waals surface area contributed by atoms with E-state index in [0.717, 1.165) is 25.7 Å². The Kier molecular flexibility index (Phi) is 49.2. The van der Waals surface area contributed by atoms with E-state index in [1.165, 1.54) is 167 Å². The molecule has 0 unspecified atom stereocenters. The predicted octanol–water partition coefficient (Wildman–Crippen LogP) is 9.55. The molecule has 0 spiro atoms. The van der Waals surface area contributed by atoms with E-state index in [4.69, 9.17) is 4.74 Å². The van der Waals surface area contributed by atoms with E-state index in [1.807, 2.05) is 0 Å². The molecule has 8 heteroatoms. The molecule has 0 aromatic heterocycles. The van der Waals surface area contributed by atoms with E-state index in [-0.39, 0.29) is 44.9 Å². The first kappa shape index (κ1) is 51.4. The molecule has 1 rings (SSSR count). The van der Waals surface area contributed by atoms with Crippen LogP contribution >= 0.6 is 0 Å². The van der Waals surface area contributed by atoms with Crippen LogP contribution in [0, 0.1) is 0 Å². The Morgan fingerprint density at radius 1 is 0.458 bits per heavy atom. The number of hydrogen-bond donors (Lipinski definition) is 0. The van der Waals surface area contributed by atoms with Gasteiger partial charge in [0.15, 0.2) is 0 Å². The minimum Gasteiger partial charge on any atom is -0.550 e. The van der Waals surface area contributed by atoms with Crippen molar-refractivity contribution in [2.24, 2.45) is 0 Å². The molecule has 1 aliphatic heterocycles. The van der Waals surface area contributed by atoms with Crippen LogP contribution in [-0.2, 0) is 43.3 Å². The van der Waals surface area contributed by atoms with Crippen LogP contribution in [-0.4, -0.2) is 37.7 Å². The third-order valence-electron chi connectivity index (χ3n) is 8.68.